The van der Waals surface area contributed by atoms with Gasteiger partial charge in [-0.3, -0.25) is 9.69 Å². The molecule has 1 aliphatic heterocycles. The van der Waals surface area contributed by atoms with Gasteiger partial charge in [0, 0.05) is 25.3 Å². The van der Waals surface area contributed by atoms with Crippen LogP contribution in [0, 0.1) is 0 Å². The maximum absolute atomic E-state index is 11.3. The number of ether oxygens (including phenoxy) is 1. The van der Waals surface area contributed by atoms with Gasteiger partial charge >= 0.3 is 5.97 Å². The first-order chi connectivity index (χ1) is 8.69. The molecule has 0 unspecified atom stereocenters. The third-order valence-electron chi connectivity index (χ3n) is 3.26. The average Bonchev–Trinajstić information content (AvgIpc) is 2.36. The molecule has 98 valence electrons. The summed E-state index contributed by atoms with van der Waals surface area (Å²) in [7, 11) is 0. The van der Waals surface area contributed by atoms with E-state index in [9.17, 15) is 4.79 Å². The summed E-state index contributed by atoms with van der Waals surface area (Å²) in [5.41, 5.74) is 9.26. The van der Waals surface area contributed by atoms with E-state index in [-0.39, 0.29) is 5.97 Å². The van der Waals surface area contributed by atoms with E-state index in [2.05, 4.69) is 11.0 Å². The van der Waals surface area contributed by atoms with Gasteiger partial charge in [0.1, 0.15) is 0 Å². The molecule has 0 saturated heterocycles. The maximum atomic E-state index is 11.3. The Labute approximate surface area is 108 Å². The number of nitrogen functional groups attached to an aromatic ring is 1. The Morgan fingerprint density at radius 1 is 1.44 bits per heavy atom. The molecule has 1 aromatic rings. The van der Waals surface area contributed by atoms with Crippen LogP contribution in [0.2, 0.25) is 0 Å². The summed E-state index contributed by atoms with van der Waals surface area (Å²) in [6, 6.07) is 6.09. The van der Waals surface area contributed by atoms with Crippen LogP contribution >= 0.6 is 0 Å². The second-order valence-corrected chi connectivity index (χ2v) is 4.61. The highest BCUT2D eigenvalue weighted by Gasteiger charge is 2.17. The quantitative estimate of drug-likeness (QED) is 0.649. The van der Waals surface area contributed by atoms with E-state index in [1.807, 2.05) is 19.1 Å². The van der Waals surface area contributed by atoms with E-state index in [1.54, 1.807) is 0 Å². The number of anilines is 1. The molecule has 1 aromatic carbocycles. The summed E-state index contributed by atoms with van der Waals surface area (Å²) in [5, 5.41) is 0. The molecule has 4 nitrogen and oxygen atoms in total. The highest BCUT2D eigenvalue weighted by Crippen LogP contribution is 2.21. The molecular formula is C14H20N2O2. The first kappa shape index (κ1) is 12.9. The number of benzene rings is 1. The highest BCUT2D eigenvalue weighted by atomic mass is 16.5. The van der Waals surface area contributed by atoms with Crippen molar-refractivity contribution in [1.82, 2.24) is 4.90 Å². The lowest BCUT2D eigenvalue weighted by Gasteiger charge is -2.28. The molecule has 4 heteroatoms. The number of carbonyl (C=O) groups excluding carboxylic acids is 1. The number of esters is 1. The van der Waals surface area contributed by atoms with Crippen LogP contribution in [0.4, 0.5) is 5.69 Å². The van der Waals surface area contributed by atoms with Crippen molar-refractivity contribution in [2.45, 2.75) is 26.3 Å². The third kappa shape index (κ3) is 3.23. The standard InChI is InChI=1S/C14H20N2O2/c1-2-18-14(17)6-8-16-7-5-11-3-4-13(15)9-12(11)10-16/h3-4,9H,2,5-8,10,15H2,1H3. The molecule has 0 amide bonds. The van der Waals surface area contributed by atoms with Crippen LogP contribution in [0.15, 0.2) is 18.2 Å². The third-order valence-corrected chi connectivity index (χ3v) is 3.26. The predicted octanol–water partition coefficient (Wildman–Crippen LogP) is 1.58. The first-order valence-corrected chi connectivity index (χ1v) is 6.44. The molecule has 1 aliphatic rings. The second-order valence-electron chi connectivity index (χ2n) is 4.61. The van der Waals surface area contributed by atoms with E-state index >= 15 is 0 Å². The Morgan fingerprint density at radius 2 is 2.28 bits per heavy atom. The van der Waals surface area contributed by atoms with Crippen LogP contribution in [0.3, 0.4) is 0 Å². The molecule has 0 fully saturated rings. The van der Waals surface area contributed by atoms with Crippen LogP contribution in [-0.2, 0) is 22.5 Å². The van der Waals surface area contributed by atoms with Crippen LogP contribution in [-0.4, -0.2) is 30.6 Å². The normalized spacial score (nSPS) is 15.2. The summed E-state index contributed by atoms with van der Waals surface area (Å²) >= 11 is 0. The zero-order chi connectivity index (χ0) is 13.0. The van der Waals surface area contributed by atoms with Crippen molar-refractivity contribution in [2.75, 3.05) is 25.4 Å². The topological polar surface area (TPSA) is 55.6 Å². The lowest BCUT2D eigenvalue weighted by atomic mass is 9.99. The average molecular weight is 248 g/mol. The number of rotatable bonds is 4. The van der Waals surface area contributed by atoms with Crippen LogP contribution < -0.4 is 5.73 Å². The monoisotopic (exact) mass is 248 g/mol. The molecule has 0 spiro atoms. The van der Waals surface area contributed by atoms with Gasteiger partial charge in [-0.05, 0) is 36.6 Å². The maximum Gasteiger partial charge on any atom is 0.307 e. The minimum Gasteiger partial charge on any atom is -0.466 e. The van der Waals surface area contributed by atoms with Crippen molar-refractivity contribution in [3.8, 4) is 0 Å². The zero-order valence-corrected chi connectivity index (χ0v) is 10.8. The summed E-state index contributed by atoms with van der Waals surface area (Å²) in [5.74, 6) is -0.115. The fraction of sp³-hybridized carbons (Fsp3) is 0.500. The minimum absolute atomic E-state index is 0.115. The molecule has 0 bridgehead atoms. The molecular weight excluding hydrogens is 228 g/mol. The molecule has 0 atom stereocenters. The SMILES string of the molecule is CCOC(=O)CCN1CCc2ccc(N)cc2C1. The minimum atomic E-state index is -0.115. The fourth-order valence-corrected chi connectivity index (χ4v) is 2.31. The second kappa shape index (κ2) is 5.87. The molecule has 2 N–H and O–H groups in total. The van der Waals surface area contributed by atoms with E-state index in [0.717, 1.165) is 31.7 Å². The van der Waals surface area contributed by atoms with E-state index in [4.69, 9.17) is 10.5 Å². The zero-order valence-electron chi connectivity index (χ0n) is 10.8. The predicted molar refractivity (Wildman–Crippen MR) is 71.1 cm³/mol. The summed E-state index contributed by atoms with van der Waals surface area (Å²) < 4.78 is 4.94. The fourth-order valence-electron chi connectivity index (χ4n) is 2.31. The van der Waals surface area contributed by atoms with Crippen molar-refractivity contribution in [1.29, 1.82) is 0 Å². The number of carbonyl (C=O) groups is 1. The van der Waals surface area contributed by atoms with Gasteiger partial charge in [0.2, 0.25) is 0 Å². The van der Waals surface area contributed by atoms with Gasteiger partial charge in [0.25, 0.3) is 0 Å². The molecule has 1 heterocycles. The Kier molecular flexibility index (Phi) is 4.20. The Hall–Kier alpha value is -1.55. The van der Waals surface area contributed by atoms with Crippen LogP contribution in [0.25, 0.3) is 0 Å². The Balaban J connectivity index is 1.89. The van der Waals surface area contributed by atoms with Crippen molar-refractivity contribution < 1.29 is 9.53 Å². The van der Waals surface area contributed by atoms with Crippen molar-refractivity contribution in [3.05, 3.63) is 29.3 Å². The van der Waals surface area contributed by atoms with Gasteiger partial charge in [-0.1, -0.05) is 6.07 Å². The lowest BCUT2D eigenvalue weighted by molar-refractivity contribution is -0.143. The molecule has 0 radical (unpaired) electrons. The number of hydrogen-bond donors (Lipinski definition) is 1. The highest BCUT2D eigenvalue weighted by molar-refractivity contribution is 5.69. The van der Waals surface area contributed by atoms with E-state index in [1.165, 1.54) is 11.1 Å². The molecule has 0 aromatic heterocycles. The number of nitrogens with zero attached hydrogens (tertiary/aromatic N) is 1. The molecule has 0 saturated carbocycles. The number of hydrogen-bond acceptors (Lipinski definition) is 4. The lowest BCUT2D eigenvalue weighted by Crippen LogP contribution is -2.32. The summed E-state index contributed by atoms with van der Waals surface area (Å²) in [4.78, 5) is 13.6. The van der Waals surface area contributed by atoms with Crippen molar-refractivity contribution in [3.63, 3.8) is 0 Å². The van der Waals surface area contributed by atoms with Gasteiger partial charge in [0.05, 0.1) is 13.0 Å². The number of fused-ring (bicyclic) bond motifs is 1. The van der Waals surface area contributed by atoms with Crippen LogP contribution in [0.5, 0.6) is 0 Å². The Morgan fingerprint density at radius 3 is 3.06 bits per heavy atom. The van der Waals surface area contributed by atoms with Gasteiger partial charge < -0.3 is 10.5 Å². The van der Waals surface area contributed by atoms with Gasteiger partial charge in [-0.25, -0.2) is 0 Å². The first-order valence-electron chi connectivity index (χ1n) is 6.44. The Bertz CT molecular complexity index is 432. The molecule has 0 aliphatic carbocycles. The molecule has 2 rings (SSSR count). The van der Waals surface area contributed by atoms with Crippen molar-refractivity contribution >= 4 is 11.7 Å². The van der Waals surface area contributed by atoms with E-state index < -0.39 is 0 Å². The number of nitrogens with two attached hydrogens (primary N) is 1. The van der Waals surface area contributed by atoms with Crippen molar-refractivity contribution in [2.24, 2.45) is 0 Å². The van der Waals surface area contributed by atoms with Gasteiger partial charge in [0.15, 0.2) is 0 Å². The van der Waals surface area contributed by atoms with Gasteiger partial charge in [-0.2, -0.15) is 0 Å². The smallest absolute Gasteiger partial charge is 0.307 e. The molecule has 18 heavy (non-hydrogen) atoms. The summed E-state index contributed by atoms with van der Waals surface area (Å²) in [6.07, 6.45) is 1.49. The van der Waals surface area contributed by atoms with E-state index in [0.29, 0.717) is 13.0 Å². The summed E-state index contributed by atoms with van der Waals surface area (Å²) in [6.45, 7) is 4.92. The largest absolute Gasteiger partial charge is 0.466 e. The van der Waals surface area contributed by atoms with Gasteiger partial charge in [-0.15, -0.1) is 0 Å². The van der Waals surface area contributed by atoms with Crippen LogP contribution in [0.1, 0.15) is 24.5 Å².